The number of methoxy groups -OCH3 is 1. The van der Waals surface area contributed by atoms with Gasteiger partial charge in [-0.15, -0.1) is 11.3 Å². The molecule has 0 saturated carbocycles. The zero-order valence-electron chi connectivity index (χ0n) is 13.4. The molecule has 0 aliphatic rings. The molecule has 0 aliphatic carbocycles. The van der Waals surface area contributed by atoms with Crippen molar-refractivity contribution in [3.8, 4) is 5.75 Å². The standard InChI is InChI=1S/C17H22N2O2S/c1-12-9-10-22-16(12)11-19(3)13(2)17(20)18-14-7-5-6-8-15(14)21-4/h5-10,13H,11H2,1-4H3,(H,18,20)/t13-/m0/s1. The third-order valence-electron chi connectivity index (χ3n) is 3.77. The van der Waals surface area contributed by atoms with Crippen molar-refractivity contribution >= 4 is 22.9 Å². The van der Waals surface area contributed by atoms with Crippen LogP contribution < -0.4 is 10.1 Å². The molecule has 22 heavy (non-hydrogen) atoms. The number of rotatable bonds is 6. The van der Waals surface area contributed by atoms with Crippen LogP contribution in [0.25, 0.3) is 0 Å². The van der Waals surface area contributed by atoms with E-state index in [9.17, 15) is 4.79 Å². The van der Waals surface area contributed by atoms with Crippen LogP contribution in [0.2, 0.25) is 0 Å². The van der Waals surface area contributed by atoms with E-state index in [2.05, 4.69) is 23.7 Å². The van der Waals surface area contributed by atoms with E-state index in [1.165, 1.54) is 10.4 Å². The van der Waals surface area contributed by atoms with E-state index in [1.54, 1.807) is 18.4 Å². The molecule has 0 spiro atoms. The van der Waals surface area contributed by atoms with E-state index in [1.807, 2.05) is 43.1 Å². The summed E-state index contributed by atoms with van der Waals surface area (Å²) in [5.41, 5.74) is 1.97. The maximum Gasteiger partial charge on any atom is 0.241 e. The van der Waals surface area contributed by atoms with Crippen LogP contribution in [0.15, 0.2) is 35.7 Å². The lowest BCUT2D eigenvalue weighted by molar-refractivity contribution is -0.120. The molecule has 0 bridgehead atoms. The Morgan fingerprint density at radius 2 is 2.09 bits per heavy atom. The topological polar surface area (TPSA) is 41.6 Å². The average molecular weight is 318 g/mol. The molecular formula is C17H22N2O2S. The molecule has 2 rings (SSSR count). The number of thiophene rings is 1. The molecular weight excluding hydrogens is 296 g/mol. The molecule has 0 unspecified atom stereocenters. The summed E-state index contributed by atoms with van der Waals surface area (Å²) in [5.74, 6) is 0.626. The van der Waals surface area contributed by atoms with Crippen molar-refractivity contribution in [2.24, 2.45) is 0 Å². The number of aryl methyl sites for hydroxylation is 1. The van der Waals surface area contributed by atoms with Gasteiger partial charge in [0.25, 0.3) is 0 Å². The highest BCUT2D eigenvalue weighted by atomic mass is 32.1. The van der Waals surface area contributed by atoms with Gasteiger partial charge in [0, 0.05) is 11.4 Å². The summed E-state index contributed by atoms with van der Waals surface area (Å²) in [4.78, 5) is 15.8. The van der Waals surface area contributed by atoms with Crippen LogP contribution in [0.5, 0.6) is 5.75 Å². The van der Waals surface area contributed by atoms with Gasteiger partial charge in [0.15, 0.2) is 0 Å². The molecule has 2 aromatic rings. The van der Waals surface area contributed by atoms with Crippen molar-refractivity contribution in [3.63, 3.8) is 0 Å². The summed E-state index contributed by atoms with van der Waals surface area (Å²) >= 11 is 1.72. The second-order valence-corrected chi connectivity index (χ2v) is 6.31. The van der Waals surface area contributed by atoms with E-state index >= 15 is 0 Å². The van der Waals surface area contributed by atoms with Crippen molar-refractivity contribution in [1.82, 2.24) is 4.90 Å². The van der Waals surface area contributed by atoms with Gasteiger partial charge in [-0.05, 0) is 50.0 Å². The molecule has 1 atom stereocenters. The molecule has 0 radical (unpaired) electrons. The number of benzene rings is 1. The van der Waals surface area contributed by atoms with Gasteiger partial charge < -0.3 is 10.1 Å². The Hall–Kier alpha value is -1.85. The lowest BCUT2D eigenvalue weighted by Crippen LogP contribution is -2.39. The third-order valence-corrected chi connectivity index (χ3v) is 4.77. The zero-order chi connectivity index (χ0) is 16.1. The molecule has 0 fully saturated rings. The Morgan fingerprint density at radius 3 is 2.73 bits per heavy atom. The molecule has 5 heteroatoms. The molecule has 0 saturated heterocycles. The summed E-state index contributed by atoms with van der Waals surface area (Å²) in [7, 11) is 3.56. The Kier molecular flexibility index (Phi) is 5.57. The number of carbonyl (C=O) groups excluding carboxylic acids is 1. The lowest BCUT2D eigenvalue weighted by atomic mass is 10.2. The van der Waals surface area contributed by atoms with Gasteiger partial charge in [-0.25, -0.2) is 0 Å². The predicted octanol–water partition coefficient (Wildman–Crippen LogP) is 3.52. The maximum atomic E-state index is 12.4. The summed E-state index contributed by atoms with van der Waals surface area (Å²) in [5, 5.41) is 5.02. The minimum Gasteiger partial charge on any atom is -0.495 e. The first-order chi connectivity index (χ1) is 10.5. The van der Waals surface area contributed by atoms with Crippen molar-refractivity contribution in [2.75, 3.05) is 19.5 Å². The van der Waals surface area contributed by atoms with Gasteiger partial charge in [0.05, 0.1) is 18.8 Å². The number of carbonyl (C=O) groups is 1. The van der Waals surface area contributed by atoms with Gasteiger partial charge in [-0.3, -0.25) is 9.69 Å². The molecule has 1 aromatic heterocycles. The number of amides is 1. The normalized spacial score (nSPS) is 12.2. The quantitative estimate of drug-likeness (QED) is 0.886. The zero-order valence-corrected chi connectivity index (χ0v) is 14.2. The van der Waals surface area contributed by atoms with E-state index in [-0.39, 0.29) is 11.9 Å². The second-order valence-electron chi connectivity index (χ2n) is 5.31. The fraction of sp³-hybridized carbons (Fsp3) is 0.353. The highest BCUT2D eigenvalue weighted by molar-refractivity contribution is 7.10. The van der Waals surface area contributed by atoms with Crippen LogP contribution in [-0.2, 0) is 11.3 Å². The number of hydrogen-bond acceptors (Lipinski definition) is 4. The Labute approximate surface area is 135 Å². The monoisotopic (exact) mass is 318 g/mol. The van der Waals surface area contributed by atoms with Crippen molar-refractivity contribution in [1.29, 1.82) is 0 Å². The van der Waals surface area contributed by atoms with Gasteiger partial charge >= 0.3 is 0 Å². The van der Waals surface area contributed by atoms with Gasteiger partial charge in [-0.1, -0.05) is 12.1 Å². The van der Waals surface area contributed by atoms with E-state index in [0.29, 0.717) is 11.4 Å². The Balaban J connectivity index is 2.01. The van der Waals surface area contributed by atoms with Crippen molar-refractivity contribution in [3.05, 3.63) is 46.2 Å². The first-order valence-corrected chi connectivity index (χ1v) is 8.08. The van der Waals surface area contributed by atoms with E-state index in [4.69, 9.17) is 4.74 Å². The first-order valence-electron chi connectivity index (χ1n) is 7.20. The number of hydrogen-bond donors (Lipinski definition) is 1. The summed E-state index contributed by atoms with van der Waals surface area (Å²) in [6.45, 7) is 4.77. The summed E-state index contributed by atoms with van der Waals surface area (Å²) in [6, 6.07) is 9.30. The van der Waals surface area contributed by atoms with Gasteiger partial charge in [0.2, 0.25) is 5.91 Å². The number of likely N-dealkylation sites (N-methyl/N-ethyl adjacent to an activating group) is 1. The number of ether oxygens (including phenoxy) is 1. The van der Waals surface area contributed by atoms with Gasteiger partial charge in [0.1, 0.15) is 5.75 Å². The highest BCUT2D eigenvalue weighted by Crippen LogP contribution is 2.24. The van der Waals surface area contributed by atoms with E-state index < -0.39 is 0 Å². The minimum atomic E-state index is -0.230. The molecule has 0 aliphatic heterocycles. The summed E-state index contributed by atoms with van der Waals surface area (Å²) < 4.78 is 5.26. The molecule has 1 N–H and O–H groups in total. The Morgan fingerprint density at radius 1 is 1.36 bits per heavy atom. The molecule has 4 nitrogen and oxygen atoms in total. The van der Waals surface area contributed by atoms with E-state index in [0.717, 1.165) is 6.54 Å². The number of nitrogens with one attached hydrogen (secondary N) is 1. The molecule has 118 valence electrons. The van der Waals surface area contributed by atoms with Crippen LogP contribution >= 0.6 is 11.3 Å². The largest absolute Gasteiger partial charge is 0.495 e. The van der Waals surface area contributed by atoms with Crippen LogP contribution in [0.3, 0.4) is 0 Å². The highest BCUT2D eigenvalue weighted by Gasteiger charge is 2.20. The SMILES string of the molecule is COc1ccccc1NC(=O)[C@H](C)N(C)Cc1sccc1C. The third kappa shape index (κ3) is 3.87. The average Bonchev–Trinajstić information content (AvgIpc) is 2.92. The van der Waals surface area contributed by atoms with Crippen LogP contribution in [0.1, 0.15) is 17.4 Å². The second kappa shape index (κ2) is 7.42. The van der Waals surface area contributed by atoms with Crippen LogP contribution in [-0.4, -0.2) is 31.0 Å². The predicted molar refractivity (Wildman–Crippen MR) is 91.6 cm³/mol. The van der Waals surface area contributed by atoms with Crippen molar-refractivity contribution < 1.29 is 9.53 Å². The summed E-state index contributed by atoms with van der Waals surface area (Å²) in [6.07, 6.45) is 0. The first kappa shape index (κ1) is 16.5. The number of para-hydroxylation sites is 2. The molecule has 1 heterocycles. The van der Waals surface area contributed by atoms with Crippen LogP contribution in [0.4, 0.5) is 5.69 Å². The van der Waals surface area contributed by atoms with Gasteiger partial charge in [-0.2, -0.15) is 0 Å². The molecule has 1 aromatic carbocycles. The van der Waals surface area contributed by atoms with Crippen molar-refractivity contribution in [2.45, 2.75) is 26.4 Å². The Bertz CT molecular complexity index is 639. The number of nitrogens with zero attached hydrogens (tertiary/aromatic N) is 1. The fourth-order valence-corrected chi connectivity index (χ4v) is 3.08. The fourth-order valence-electron chi connectivity index (χ4n) is 2.11. The number of anilines is 1. The molecule has 1 amide bonds. The minimum absolute atomic E-state index is 0.0405. The smallest absolute Gasteiger partial charge is 0.241 e. The van der Waals surface area contributed by atoms with Crippen LogP contribution in [0, 0.1) is 6.92 Å². The lowest BCUT2D eigenvalue weighted by Gasteiger charge is -2.24. The maximum absolute atomic E-state index is 12.4.